The lowest BCUT2D eigenvalue weighted by molar-refractivity contribution is -0.139. The maximum atomic E-state index is 12.0. The highest BCUT2D eigenvalue weighted by Gasteiger charge is 2.22. The number of aliphatic carboxylic acids is 1. The number of carbonyl (C=O) groups is 2. The number of ether oxygens (including phenoxy) is 2. The number of alkyl carbamates (subject to hydrolysis) is 1. The molecule has 4 N–H and O–H groups in total. The number of guanidine groups is 1. The summed E-state index contributed by atoms with van der Waals surface area (Å²) in [5.41, 5.74) is 5.61. The fourth-order valence-corrected chi connectivity index (χ4v) is 3.40. The van der Waals surface area contributed by atoms with Gasteiger partial charge in [-0.05, 0) is 29.7 Å². The molecule has 1 aliphatic carbocycles. The molecule has 0 spiro atoms. The van der Waals surface area contributed by atoms with E-state index in [-0.39, 0.29) is 19.6 Å². The quantitative estimate of drug-likeness (QED) is 0.366. The van der Waals surface area contributed by atoms with Crippen molar-refractivity contribution >= 4 is 23.7 Å². The van der Waals surface area contributed by atoms with Crippen LogP contribution >= 0.6 is 0 Å². The van der Waals surface area contributed by atoms with E-state index in [4.69, 9.17) is 9.47 Å². The second-order valence-corrected chi connectivity index (χ2v) is 7.80. The highest BCUT2D eigenvalue weighted by Crippen LogP contribution is 2.23. The summed E-state index contributed by atoms with van der Waals surface area (Å²) in [5.74, 6) is 0.234. The van der Waals surface area contributed by atoms with Gasteiger partial charge in [0.25, 0.3) is 0 Å². The molecule has 0 aromatic heterocycles. The third-order valence-corrected chi connectivity index (χ3v) is 5.12. The number of nitrogens with one attached hydrogen (secondary N) is 3. The summed E-state index contributed by atoms with van der Waals surface area (Å²) < 4.78 is 11.0. The van der Waals surface area contributed by atoms with Gasteiger partial charge in [-0.2, -0.15) is 5.10 Å². The summed E-state index contributed by atoms with van der Waals surface area (Å²) in [6.07, 6.45) is 5.54. The lowest BCUT2D eigenvalue weighted by Crippen LogP contribution is -2.41. The van der Waals surface area contributed by atoms with Crippen LogP contribution in [0.25, 0.3) is 0 Å². The van der Waals surface area contributed by atoms with Crippen molar-refractivity contribution in [2.24, 2.45) is 10.1 Å². The fraction of sp³-hybridized carbons (Fsp3) is 0.417. The maximum absolute atomic E-state index is 12.0. The number of hydrogen-bond acceptors (Lipinski definition) is 8. The van der Waals surface area contributed by atoms with E-state index in [1.807, 2.05) is 42.5 Å². The van der Waals surface area contributed by atoms with Gasteiger partial charge in [0.05, 0.1) is 18.9 Å². The molecule has 3 rings (SSSR count). The average molecular weight is 470 g/mol. The van der Waals surface area contributed by atoms with E-state index in [1.165, 1.54) is 0 Å². The molecule has 0 bridgehead atoms. The second-order valence-electron chi connectivity index (χ2n) is 7.80. The van der Waals surface area contributed by atoms with Gasteiger partial charge in [0.2, 0.25) is 5.96 Å². The lowest BCUT2D eigenvalue weighted by Gasteiger charge is -2.20. The van der Waals surface area contributed by atoms with Gasteiger partial charge < -0.3 is 25.2 Å². The number of carboxylic acids is 1. The molecule has 0 saturated carbocycles. The number of nitrogens with zero attached hydrogens (tertiary/aromatic N) is 2. The SMILES string of the molecule is CCCC1=CC(=NNC2=NCCN2)CC=C1OCC[C@H](NC(=O)OCc1ccccc1)C(=O)O. The Labute approximate surface area is 198 Å². The summed E-state index contributed by atoms with van der Waals surface area (Å²) in [6, 6.07) is 8.06. The molecule has 0 saturated heterocycles. The molecule has 10 heteroatoms. The summed E-state index contributed by atoms with van der Waals surface area (Å²) in [4.78, 5) is 27.9. The van der Waals surface area contributed by atoms with Crippen molar-refractivity contribution in [2.75, 3.05) is 19.7 Å². The minimum atomic E-state index is -1.15. The Morgan fingerprint density at radius 2 is 2.12 bits per heavy atom. The molecule has 1 aromatic carbocycles. The van der Waals surface area contributed by atoms with E-state index < -0.39 is 18.1 Å². The normalized spacial score (nSPS) is 17.1. The molecular formula is C24H31N5O5. The Kier molecular flexibility index (Phi) is 9.51. The van der Waals surface area contributed by atoms with Crippen molar-refractivity contribution in [1.29, 1.82) is 0 Å². The minimum Gasteiger partial charge on any atom is -0.494 e. The van der Waals surface area contributed by atoms with Crippen molar-refractivity contribution < 1.29 is 24.2 Å². The van der Waals surface area contributed by atoms with Gasteiger partial charge in [-0.3, -0.25) is 0 Å². The molecule has 1 aliphatic heterocycles. The van der Waals surface area contributed by atoms with Crippen LogP contribution in [0.15, 0.2) is 63.9 Å². The molecular weight excluding hydrogens is 438 g/mol. The zero-order valence-corrected chi connectivity index (χ0v) is 19.3. The number of hydrazone groups is 1. The zero-order chi connectivity index (χ0) is 24.2. The van der Waals surface area contributed by atoms with E-state index in [1.54, 1.807) is 0 Å². The van der Waals surface area contributed by atoms with Crippen molar-refractivity contribution in [2.45, 2.75) is 45.3 Å². The summed E-state index contributed by atoms with van der Waals surface area (Å²) in [6.45, 7) is 3.81. The second kappa shape index (κ2) is 13.0. The number of amides is 1. The number of aliphatic imine (C=N–C) groups is 1. The summed E-state index contributed by atoms with van der Waals surface area (Å²) in [5, 5.41) is 19.4. The van der Waals surface area contributed by atoms with Crippen LogP contribution in [0.5, 0.6) is 0 Å². The molecule has 0 radical (unpaired) electrons. The van der Waals surface area contributed by atoms with Gasteiger partial charge in [0, 0.05) is 19.4 Å². The number of carbonyl (C=O) groups excluding carboxylic acids is 1. The van der Waals surface area contributed by atoms with Crippen LogP contribution in [0.4, 0.5) is 4.79 Å². The highest BCUT2D eigenvalue weighted by atomic mass is 16.5. The van der Waals surface area contributed by atoms with Crippen molar-refractivity contribution in [3.05, 3.63) is 59.4 Å². The first kappa shape index (κ1) is 24.8. The summed E-state index contributed by atoms with van der Waals surface area (Å²) in [7, 11) is 0. The molecule has 1 heterocycles. The first-order valence-electron chi connectivity index (χ1n) is 11.4. The van der Waals surface area contributed by atoms with Crippen LogP contribution in [-0.2, 0) is 20.9 Å². The largest absolute Gasteiger partial charge is 0.494 e. The Morgan fingerprint density at radius 3 is 2.82 bits per heavy atom. The van der Waals surface area contributed by atoms with Crippen molar-refractivity contribution in [3.63, 3.8) is 0 Å². The predicted molar refractivity (Wildman–Crippen MR) is 128 cm³/mol. The van der Waals surface area contributed by atoms with Crippen LogP contribution in [0.2, 0.25) is 0 Å². The Morgan fingerprint density at radius 1 is 1.29 bits per heavy atom. The molecule has 0 fully saturated rings. The third-order valence-electron chi connectivity index (χ3n) is 5.12. The number of hydrogen-bond donors (Lipinski definition) is 4. The van der Waals surface area contributed by atoms with Crippen LogP contribution in [0.3, 0.4) is 0 Å². The standard InChI is InChI=1S/C24H31N5O5/c1-2-6-18-15-19(28-29-23-25-12-13-26-23)9-10-21(18)33-14-11-20(22(30)31)27-24(32)34-16-17-7-4-3-5-8-17/h3-5,7-8,10,15,20H,2,6,9,11-14,16H2,1H3,(H,27,32)(H,30,31)(H2,25,26,29)/t20-/m0/s1. The van der Waals surface area contributed by atoms with E-state index in [2.05, 4.69) is 33.1 Å². The Balaban J connectivity index is 1.48. The number of benzene rings is 1. The van der Waals surface area contributed by atoms with Gasteiger partial charge in [0.15, 0.2) is 0 Å². The highest BCUT2D eigenvalue weighted by molar-refractivity contribution is 5.99. The lowest BCUT2D eigenvalue weighted by atomic mass is 9.99. The number of allylic oxidation sites excluding steroid dienone is 3. The molecule has 1 aromatic rings. The molecule has 10 nitrogen and oxygen atoms in total. The number of carboxylic acid groups (broad SMARTS) is 1. The van der Waals surface area contributed by atoms with E-state index in [0.29, 0.717) is 18.1 Å². The van der Waals surface area contributed by atoms with Crippen LogP contribution in [-0.4, -0.2) is 54.6 Å². The first-order valence-corrected chi connectivity index (χ1v) is 11.4. The molecule has 182 valence electrons. The Hall–Kier alpha value is -3.82. The topological polar surface area (TPSA) is 134 Å². The van der Waals surface area contributed by atoms with Crippen LogP contribution in [0, 0.1) is 0 Å². The average Bonchev–Trinajstić information content (AvgIpc) is 3.36. The van der Waals surface area contributed by atoms with E-state index >= 15 is 0 Å². The van der Waals surface area contributed by atoms with Gasteiger partial charge in [-0.1, -0.05) is 43.7 Å². The molecule has 34 heavy (non-hydrogen) atoms. The maximum Gasteiger partial charge on any atom is 0.408 e. The fourth-order valence-electron chi connectivity index (χ4n) is 3.40. The van der Waals surface area contributed by atoms with Crippen LogP contribution < -0.4 is 16.1 Å². The van der Waals surface area contributed by atoms with E-state index in [9.17, 15) is 14.7 Å². The van der Waals surface area contributed by atoms with Gasteiger partial charge >= 0.3 is 12.1 Å². The van der Waals surface area contributed by atoms with Gasteiger partial charge in [-0.25, -0.2) is 20.0 Å². The molecule has 0 unspecified atom stereocenters. The zero-order valence-electron chi connectivity index (χ0n) is 19.3. The van der Waals surface area contributed by atoms with Crippen molar-refractivity contribution in [1.82, 2.24) is 16.1 Å². The van der Waals surface area contributed by atoms with Crippen molar-refractivity contribution in [3.8, 4) is 0 Å². The summed E-state index contributed by atoms with van der Waals surface area (Å²) >= 11 is 0. The Bertz CT molecular complexity index is 971. The smallest absolute Gasteiger partial charge is 0.408 e. The molecule has 2 aliphatic rings. The van der Waals surface area contributed by atoms with Gasteiger partial charge in [-0.15, -0.1) is 0 Å². The molecule has 1 atom stereocenters. The predicted octanol–water partition coefficient (Wildman–Crippen LogP) is 2.69. The van der Waals surface area contributed by atoms with E-state index in [0.717, 1.165) is 42.8 Å². The van der Waals surface area contributed by atoms with Crippen LogP contribution in [0.1, 0.15) is 38.2 Å². The number of rotatable bonds is 11. The minimum absolute atomic E-state index is 0.0652. The third kappa shape index (κ3) is 7.95. The molecule has 1 amide bonds. The monoisotopic (exact) mass is 469 g/mol. The first-order chi connectivity index (χ1) is 16.5. The van der Waals surface area contributed by atoms with Gasteiger partial charge in [0.1, 0.15) is 18.4 Å².